The molecule has 3 unspecified atom stereocenters. The van der Waals surface area contributed by atoms with Crippen molar-refractivity contribution in [1.29, 1.82) is 0 Å². The van der Waals surface area contributed by atoms with Gasteiger partial charge in [0.15, 0.2) is 5.83 Å². The smallest absolute Gasteiger partial charge is 0.357 e. The first kappa shape index (κ1) is 38.6. The molecule has 0 aliphatic rings. The van der Waals surface area contributed by atoms with Crippen LogP contribution in [0.3, 0.4) is 0 Å². The lowest BCUT2D eigenvalue weighted by molar-refractivity contribution is 0.0113. The first-order valence-corrected chi connectivity index (χ1v) is 14.9. The number of esters is 1. The fourth-order valence-corrected chi connectivity index (χ4v) is 4.89. The van der Waals surface area contributed by atoms with Crippen LogP contribution >= 0.6 is 9.24 Å². The summed E-state index contributed by atoms with van der Waals surface area (Å²) in [6.45, 7) is 11.5. The molecule has 3 rings (SSSR count). The molecule has 1 aromatic carbocycles. The number of imidazole rings is 1. The van der Waals surface area contributed by atoms with Gasteiger partial charge < -0.3 is 4.74 Å². The highest BCUT2D eigenvalue weighted by Crippen LogP contribution is 2.42. The number of carbonyl (C=O) groups is 1. The third kappa shape index (κ3) is 9.31. The van der Waals surface area contributed by atoms with E-state index >= 15 is 0 Å². The first-order chi connectivity index (χ1) is 20.3. The van der Waals surface area contributed by atoms with Crippen LogP contribution in [0, 0.1) is 5.92 Å². The largest absolute Gasteiger partial charge is 0.458 e. The van der Waals surface area contributed by atoms with Crippen molar-refractivity contribution in [3.05, 3.63) is 89.3 Å². The molecular weight excluding hydrogens is 596 g/mol. The van der Waals surface area contributed by atoms with Crippen molar-refractivity contribution >= 4 is 20.9 Å². The van der Waals surface area contributed by atoms with Crippen molar-refractivity contribution in [1.82, 2.24) is 14.5 Å². The third-order valence-electron chi connectivity index (χ3n) is 7.49. The Morgan fingerprint density at radius 1 is 1.00 bits per heavy atom. The van der Waals surface area contributed by atoms with E-state index in [4.69, 9.17) is 4.74 Å². The van der Waals surface area contributed by atoms with Gasteiger partial charge in [0.2, 0.25) is 0 Å². The Kier molecular flexibility index (Phi) is 15.6. The number of rotatable bonds is 11. The molecule has 242 valence electrons. The van der Waals surface area contributed by atoms with Gasteiger partial charge in [-0.25, -0.2) is 32.3 Å². The molecule has 11 heteroatoms. The zero-order chi connectivity index (χ0) is 32.3. The summed E-state index contributed by atoms with van der Waals surface area (Å²) in [7, 11) is 1.97. The number of aromatic nitrogens is 3. The van der Waals surface area contributed by atoms with E-state index in [1.807, 2.05) is 42.1 Å². The van der Waals surface area contributed by atoms with Crippen LogP contribution in [-0.2, 0) is 10.2 Å². The van der Waals surface area contributed by atoms with Crippen molar-refractivity contribution < 1.29 is 31.8 Å². The van der Waals surface area contributed by atoms with Gasteiger partial charge in [-0.3, -0.25) is 9.27 Å². The minimum Gasteiger partial charge on any atom is -0.458 e. The number of carbonyl (C=O) groups excluding carboxylic acids is 1. The number of benzene rings is 1. The number of allylic oxidation sites excluding steroid dienone is 4. The molecule has 0 fully saturated rings. The number of unbranched alkanes of at least 4 members (excludes halogenated alkanes) is 1. The van der Waals surface area contributed by atoms with Crippen LogP contribution in [0.1, 0.15) is 77.4 Å². The number of nitrogens with zero attached hydrogens (tertiary/aromatic N) is 3. The fourth-order valence-electron chi connectivity index (χ4n) is 4.37. The van der Waals surface area contributed by atoms with Crippen LogP contribution in [0.25, 0.3) is 17.1 Å². The maximum Gasteiger partial charge on any atom is 0.357 e. The summed E-state index contributed by atoms with van der Waals surface area (Å²) < 4.78 is 63.6. The summed E-state index contributed by atoms with van der Waals surface area (Å²) in [5.74, 6) is -3.06. The van der Waals surface area contributed by atoms with Gasteiger partial charge in [-0.2, -0.15) is 0 Å². The number of hydrogen-bond acceptors (Lipinski definition) is 4. The van der Waals surface area contributed by atoms with Crippen molar-refractivity contribution in [3.63, 3.8) is 0 Å². The Labute approximate surface area is 259 Å². The topological polar surface area (TPSA) is 57.0 Å². The highest BCUT2D eigenvalue weighted by Gasteiger charge is 2.36. The Balaban J connectivity index is 0.00000182. The standard InChI is InChI=1S/C29H32F4N3O2P.C4H10.FH/c1-17(19(3)38-28(37)23-12-8-9-13-34-23)29(4,5)21-11-7-6-10-20(21)27-35-14-15-36(27)25(22(32)16-30)26(39)24(33)18(2)31;1-3-4-2;/h6-15,17-19H,16,39H2,1-5H3;3-4H2,1-2H3;1H/b25-22-,26-24-;;/t17-,18?,19?;;/m0../s1. The number of alkyl halides is 2. The van der Waals surface area contributed by atoms with Crippen LogP contribution in [0.5, 0.6) is 0 Å². The average molecular weight is 640 g/mol. The molecule has 0 radical (unpaired) electrons. The number of hydrogen-bond donors (Lipinski definition) is 0. The molecule has 0 saturated carbocycles. The van der Waals surface area contributed by atoms with Crippen molar-refractivity contribution in [2.75, 3.05) is 6.67 Å². The van der Waals surface area contributed by atoms with Crippen molar-refractivity contribution in [3.8, 4) is 11.4 Å². The van der Waals surface area contributed by atoms with Gasteiger partial charge in [0, 0.05) is 35.4 Å². The van der Waals surface area contributed by atoms with Crippen molar-refractivity contribution in [2.45, 2.75) is 79.0 Å². The molecule has 0 amide bonds. The van der Waals surface area contributed by atoms with Crippen molar-refractivity contribution in [2.24, 2.45) is 5.92 Å². The SMILES string of the molecule is CC(F)/C(F)=C(P)\C(=C(\F)CF)n1ccnc1-c1ccccc1C(C)(C)[C@@H](C)C(C)OC(=O)c1ccccn1.CCCC.F. The molecule has 5 nitrogen and oxygen atoms in total. The molecule has 0 saturated heterocycles. The second-order valence-electron chi connectivity index (χ2n) is 10.8. The lowest BCUT2D eigenvalue weighted by Gasteiger charge is -2.37. The molecule has 44 heavy (non-hydrogen) atoms. The van der Waals surface area contributed by atoms with E-state index in [2.05, 4.69) is 23.8 Å². The highest BCUT2D eigenvalue weighted by atomic mass is 31.0. The van der Waals surface area contributed by atoms with Gasteiger partial charge in [-0.05, 0) is 37.0 Å². The predicted octanol–water partition coefficient (Wildman–Crippen LogP) is 9.58. The lowest BCUT2D eigenvalue weighted by atomic mass is 9.70. The van der Waals surface area contributed by atoms with Crippen LogP contribution in [-0.4, -0.2) is 39.5 Å². The molecule has 0 spiro atoms. The molecule has 2 aromatic heterocycles. The van der Waals surface area contributed by atoms with E-state index in [9.17, 15) is 22.4 Å². The minimum absolute atomic E-state index is 0. The van der Waals surface area contributed by atoms with Gasteiger partial charge in [-0.15, -0.1) is 9.24 Å². The Hall–Kier alpha value is -3.39. The number of ether oxygens (including phenoxy) is 1. The Morgan fingerprint density at radius 2 is 1.61 bits per heavy atom. The summed E-state index contributed by atoms with van der Waals surface area (Å²) in [6, 6.07) is 12.2. The summed E-state index contributed by atoms with van der Waals surface area (Å²) in [5, 5.41) is -0.445. The molecule has 0 aliphatic heterocycles. The van der Waals surface area contributed by atoms with Crippen LogP contribution in [0.2, 0.25) is 0 Å². The number of pyridine rings is 1. The second-order valence-corrected chi connectivity index (χ2v) is 11.3. The van der Waals surface area contributed by atoms with Gasteiger partial charge >= 0.3 is 5.97 Å². The first-order valence-electron chi connectivity index (χ1n) is 14.3. The maximum absolute atomic E-state index is 14.8. The zero-order valence-corrected chi connectivity index (χ0v) is 27.4. The molecule has 0 bridgehead atoms. The second kappa shape index (κ2) is 17.8. The summed E-state index contributed by atoms with van der Waals surface area (Å²) in [4.78, 5) is 21.0. The fraction of sp³-hybridized carbons (Fsp3) is 0.424. The molecule has 3 aromatic rings. The molecular formula is C33H43F5N3O2P. The molecule has 0 N–H and O–H groups in total. The van der Waals surface area contributed by atoms with E-state index in [-0.39, 0.29) is 22.1 Å². The summed E-state index contributed by atoms with van der Waals surface area (Å²) >= 11 is 0. The van der Waals surface area contributed by atoms with Gasteiger partial charge in [0.05, 0.1) is 5.70 Å². The Bertz CT molecular complexity index is 1410. The molecule has 0 aliphatic carbocycles. The van der Waals surface area contributed by atoms with E-state index in [1.165, 1.54) is 36.0 Å². The third-order valence-corrected chi connectivity index (χ3v) is 8.04. The summed E-state index contributed by atoms with van der Waals surface area (Å²) in [6.07, 6.45) is 4.35. The van der Waals surface area contributed by atoms with E-state index in [0.717, 1.165) is 12.5 Å². The van der Waals surface area contributed by atoms with E-state index < -0.39 is 53.0 Å². The lowest BCUT2D eigenvalue weighted by Crippen LogP contribution is -2.37. The quantitative estimate of drug-likeness (QED) is 0.0908. The van der Waals surface area contributed by atoms with E-state index in [0.29, 0.717) is 5.56 Å². The number of halogens is 5. The van der Waals surface area contributed by atoms with Gasteiger partial charge in [0.25, 0.3) is 0 Å². The van der Waals surface area contributed by atoms with Crippen LogP contribution in [0.15, 0.2) is 78.0 Å². The normalized spacial score (nSPS) is 14.5. The van der Waals surface area contributed by atoms with Crippen LogP contribution in [0.4, 0.5) is 22.3 Å². The predicted molar refractivity (Wildman–Crippen MR) is 171 cm³/mol. The molecule has 4 atom stereocenters. The minimum atomic E-state index is -2.02. The highest BCUT2D eigenvalue weighted by molar-refractivity contribution is 7.24. The average Bonchev–Trinajstić information content (AvgIpc) is 3.49. The zero-order valence-electron chi connectivity index (χ0n) is 26.3. The summed E-state index contributed by atoms with van der Waals surface area (Å²) in [5.41, 5.74) is 0.438. The van der Waals surface area contributed by atoms with Crippen LogP contribution < -0.4 is 0 Å². The monoisotopic (exact) mass is 639 g/mol. The van der Waals surface area contributed by atoms with Gasteiger partial charge in [0.1, 0.15) is 36.3 Å². The van der Waals surface area contributed by atoms with E-state index in [1.54, 1.807) is 37.3 Å². The Morgan fingerprint density at radius 3 is 2.16 bits per heavy atom. The van der Waals surface area contributed by atoms with Gasteiger partial charge in [-0.1, -0.05) is 77.8 Å². The molecule has 2 heterocycles. The maximum atomic E-state index is 14.8.